The number of halogens is 1. The number of hydrogen-bond acceptors (Lipinski definition) is 6. The van der Waals surface area contributed by atoms with Crippen LogP contribution in [0.1, 0.15) is 5.56 Å². The van der Waals surface area contributed by atoms with E-state index in [4.69, 9.17) is 11.6 Å². The first kappa shape index (κ1) is 20.4. The highest BCUT2D eigenvalue weighted by molar-refractivity contribution is 7.91. The maximum atomic E-state index is 12.7. The van der Waals surface area contributed by atoms with Crippen molar-refractivity contribution in [3.63, 3.8) is 0 Å². The van der Waals surface area contributed by atoms with E-state index in [2.05, 4.69) is 0 Å². The zero-order valence-electron chi connectivity index (χ0n) is 13.8. The monoisotopic (exact) mass is 416 g/mol. The number of carbonyl (C=O) groups excluding carboxylic acids is 1. The average Bonchev–Trinajstić information content (AvgIpc) is 2.54. The quantitative estimate of drug-likeness (QED) is 0.690. The molecule has 0 aliphatic heterocycles. The molecule has 2 rings (SSSR count). The topological polar surface area (TPSA) is 112 Å². The Morgan fingerprint density at radius 1 is 1.04 bits per heavy atom. The van der Waals surface area contributed by atoms with Crippen LogP contribution in [0, 0.1) is 6.92 Å². The normalized spacial score (nSPS) is 12.3. The first-order valence-electron chi connectivity index (χ1n) is 7.24. The fourth-order valence-electron chi connectivity index (χ4n) is 2.21. The van der Waals surface area contributed by atoms with E-state index >= 15 is 0 Å². The third kappa shape index (κ3) is 4.07. The summed E-state index contributed by atoms with van der Waals surface area (Å²) in [7, 11) is -7.11. The summed E-state index contributed by atoms with van der Waals surface area (Å²) in [5.74, 6) is -1.57. The van der Waals surface area contributed by atoms with Crippen LogP contribution < -0.4 is 5.11 Å². The van der Waals surface area contributed by atoms with Gasteiger partial charge in [0.05, 0.1) is 27.2 Å². The smallest absolute Gasteiger partial charge is 0.243 e. The summed E-state index contributed by atoms with van der Waals surface area (Å²) in [5.41, 5.74) is 0.283. The van der Waals surface area contributed by atoms with Gasteiger partial charge in [0.25, 0.3) is 0 Å². The van der Waals surface area contributed by atoms with Gasteiger partial charge in [-0.2, -0.15) is 4.31 Å². The number of nitrogens with zero attached hydrogens (tertiary/aromatic N) is 1. The predicted octanol–water partition coefficient (Wildman–Crippen LogP) is 0.852. The lowest BCUT2D eigenvalue weighted by Gasteiger charge is -2.19. The number of sulfone groups is 1. The molecule has 0 heterocycles. The molecule has 0 aliphatic carbocycles. The van der Waals surface area contributed by atoms with Crippen LogP contribution in [0.5, 0.6) is 0 Å². The zero-order valence-corrected chi connectivity index (χ0v) is 16.2. The SMILES string of the molecule is Cc1ccc(S(=O)(=O)c2ccc(Cl)cc2)cc1S(=O)(=O)N(C)CC(=O)[O-]. The van der Waals surface area contributed by atoms with Crippen molar-refractivity contribution in [1.82, 2.24) is 4.31 Å². The summed E-state index contributed by atoms with van der Waals surface area (Å²) in [4.78, 5) is 10.1. The Labute approximate surface area is 156 Å². The molecule has 0 spiro atoms. The molecule has 2 aromatic carbocycles. The molecule has 0 amide bonds. The minimum absolute atomic E-state index is 0.0443. The minimum atomic E-state index is -4.21. The molecule has 0 atom stereocenters. The summed E-state index contributed by atoms with van der Waals surface area (Å²) in [6, 6.07) is 9.10. The Morgan fingerprint density at radius 2 is 1.58 bits per heavy atom. The number of carboxylic acid groups (broad SMARTS) is 1. The Bertz CT molecular complexity index is 1050. The van der Waals surface area contributed by atoms with E-state index in [1.807, 2.05) is 0 Å². The van der Waals surface area contributed by atoms with Gasteiger partial charge in [-0.3, -0.25) is 0 Å². The molecule has 10 heteroatoms. The van der Waals surface area contributed by atoms with E-state index in [9.17, 15) is 26.7 Å². The fourth-order valence-corrected chi connectivity index (χ4v) is 5.06. The predicted molar refractivity (Wildman–Crippen MR) is 92.9 cm³/mol. The Balaban J connectivity index is 2.57. The molecular weight excluding hydrogens is 402 g/mol. The van der Waals surface area contributed by atoms with E-state index < -0.39 is 32.4 Å². The number of carbonyl (C=O) groups is 1. The maximum Gasteiger partial charge on any atom is 0.243 e. The van der Waals surface area contributed by atoms with Crippen LogP contribution >= 0.6 is 11.6 Å². The summed E-state index contributed by atoms with van der Waals surface area (Å²) < 4.78 is 51.2. The molecular formula is C16H15ClNO6S2-. The number of carboxylic acids is 1. The number of likely N-dealkylation sites (N-methyl/N-ethyl adjacent to an activating group) is 1. The van der Waals surface area contributed by atoms with Gasteiger partial charge in [-0.1, -0.05) is 17.7 Å². The highest BCUT2D eigenvalue weighted by Crippen LogP contribution is 2.27. The van der Waals surface area contributed by atoms with Crippen LogP contribution in [-0.4, -0.2) is 40.7 Å². The Hall–Kier alpha value is -1.94. The molecule has 26 heavy (non-hydrogen) atoms. The van der Waals surface area contributed by atoms with E-state index in [0.717, 1.165) is 13.1 Å². The first-order chi connectivity index (χ1) is 12.0. The van der Waals surface area contributed by atoms with Crippen LogP contribution in [0.3, 0.4) is 0 Å². The van der Waals surface area contributed by atoms with E-state index in [0.29, 0.717) is 9.33 Å². The average molecular weight is 417 g/mol. The fraction of sp³-hybridized carbons (Fsp3) is 0.188. The zero-order chi connectivity index (χ0) is 19.7. The third-order valence-corrected chi connectivity index (χ3v) is 7.60. The van der Waals surface area contributed by atoms with Crippen LogP contribution in [-0.2, 0) is 24.7 Å². The lowest BCUT2D eigenvalue weighted by atomic mass is 10.2. The van der Waals surface area contributed by atoms with Crippen molar-refractivity contribution in [2.45, 2.75) is 21.6 Å². The van der Waals surface area contributed by atoms with Crippen molar-refractivity contribution in [3.8, 4) is 0 Å². The molecule has 0 fully saturated rings. The lowest BCUT2D eigenvalue weighted by molar-refractivity contribution is -0.305. The van der Waals surface area contributed by atoms with Crippen LogP contribution in [0.2, 0.25) is 5.02 Å². The summed E-state index contributed by atoms with van der Waals surface area (Å²) in [6.45, 7) is 0.633. The van der Waals surface area contributed by atoms with Crippen molar-refractivity contribution >= 4 is 37.4 Å². The highest BCUT2D eigenvalue weighted by Gasteiger charge is 2.26. The van der Waals surface area contributed by atoms with Gasteiger partial charge >= 0.3 is 0 Å². The van der Waals surface area contributed by atoms with Gasteiger partial charge in [-0.25, -0.2) is 16.8 Å². The highest BCUT2D eigenvalue weighted by atomic mass is 35.5. The number of benzene rings is 2. The summed E-state index contributed by atoms with van der Waals surface area (Å²) in [5, 5.41) is 11.0. The number of rotatable bonds is 6. The number of hydrogen-bond donors (Lipinski definition) is 0. The van der Waals surface area contributed by atoms with Gasteiger partial charge in [0.2, 0.25) is 19.9 Å². The summed E-state index contributed by atoms with van der Waals surface area (Å²) in [6.07, 6.45) is 0. The molecule has 2 aromatic rings. The Morgan fingerprint density at radius 3 is 2.12 bits per heavy atom. The van der Waals surface area contributed by atoms with Gasteiger partial charge < -0.3 is 9.90 Å². The second-order valence-corrected chi connectivity index (χ2v) is 9.92. The van der Waals surface area contributed by atoms with E-state index in [-0.39, 0.29) is 20.2 Å². The molecule has 0 N–H and O–H groups in total. The largest absolute Gasteiger partial charge is 0.549 e. The van der Waals surface area contributed by atoms with E-state index in [1.165, 1.54) is 43.3 Å². The molecule has 0 bridgehead atoms. The van der Waals surface area contributed by atoms with Crippen molar-refractivity contribution < 1.29 is 26.7 Å². The molecule has 0 saturated heterocycles. The Kier molecular flexibility index (Phi) is 5.76. The molecule has 0 radical (unpaired) electrons. The lowest BCUT2D eigenvalue weighted by Crippen LogP contribution is -2.39. The molecule has 0 aromatic heterocycles. The van der Waals surface area contributed by atoms with Crippen molar-refractivity contribution in [2.24, 2.45) is 0 Å². The number of sulfonamides is 1. The van der Waals surface area contributed by atoms with Crippen molar-refractivity contribution in [1.29, 1.82) is 0 Å². The van der Waals surface area contributed by atoms with Crippen LogP contribution in [0.15, 0.2) is 57.2 Å². The van der Waals surface area contributed by atoms with E-state index in [1.54, 1.807) is 0 Å². The van der Waals surface area contributed by atoms with Gasteiger partial charge in [-0.15, -0.1) is 0 Å². The molecule has 0 unspecified atom stereocenters. The molecule has 7 nitrogen and oxygen atoms in total. The second-order valence-electron chi connectivity index (χ2n) is 5.52. The number of aryl methyl sites for hydroxylation is 1. The van der Waals surface area contributed by atoms with Crippen molar-refractivity contribution in [3.05, 3.63) is 53.1 Å². The van der Waals surface area contributed by atoms with Gasteiger partial charge in [0.1, 0.15) is 0 Å². The second kappa shape index (κ2) is 7.36. The molecule has 0 aliphatic rings. The summed E-state index contributed by atoms with van der Waals surface area (Å²) >= 11 is 5.76. The van der Waals surface area contributed by atoms with Crippen LogP contribution in [0.4, 0.5) is 0 Å². The standard InChI is InChI=1S/C16H16ClNO6S2/c1-11-3-6-14(25(21,22)13-7-4-12(17)5-8-13)9-15(11)26(23,24)18(2)10-16(19)20/h3-9H,10H2,1-2H3,(H,19,20)/p-1. The van der Waals surface area contributed by atoms with Gasteiger partial charge in [0, 0.05) is 12.1 Å². The molecule has 140 valence electrons. The minimum Gasteiger partial charge on any atom is -0.549 e. The van der Waals surface area contributed by atoms with Crippen LogP contribution in [0.25, 0.3) is 0 Å². The van der Waals surface area contributed by atoms with Gasteiger partial charge in [-0.05, 0) is 48.9 Å². The first-order valence-corrected chi connectivity index (χ1v) is 10.5. The third-order valence-electron chi connectivity index (χ3n) is 3.63. The van der Waals surface area contributed by atoms with Gasteiger partial charge in [0.15, 0.2) is 0 Å². The number of aliphatic carboxylic acids is 1. The maximum absolute atomic E-state index is 12.7. The molecule has 0 saturated carbocycles. The van der Waals surface area contributed by atoms with Crippen molar-refractivity contribution in [2.75, 3.05) is 13.6 Å².